The molecule has 3 saturated heterocycles. The van der Waals surface area contributed by atoms with E-state index in [4.69, 9.17) is 52.1 Å². The van der Waals surface area contributed by atoms with Crippen molar-refractivity contribution in [3.63, 3.8) is 0 Å². The van der Waals surface area contributed by atoms with Gasteiger partial charge in [-0.3, -0.25) is 15.0 Å². The Bertz CT molecular complexity index is 1970. The molecule has 1 aliphatic carbocycles. The minimum atomic E-state index is -0.872. The first-order valence-corrected chi connectivity index (χ1v) is 19.3. The Labute approximate surface area is 331 Å². The number of carboxylic acid groups (broad SMARTS) is 1. The number of carbonyl (C=O) groups excluding carboxylic acids is 3. The first kappa shape index (κ1) is 40.0. The zero-order valence-electron chi connectivity index (χ0n) is 29.9. The van der Waals surface area contributed by atoms with Crippen LogP contribution in [0.5, 0.6) is 11.5 Å². The van der Waals surface area contributed by atoms with Crippen molar-refractivity contribution in [2.75, 3.05) is 38.3 Å². The summed E-state index contributed by atoms with van der Waals surface area (Å²) in [6.45, 7) is 2.68. The summed E-state index contributed by atoms with van der Waals surface area (Å²) in [6, 6.07) is 14.7. The van der Waals surface area contributed by atoms with Gasteiger partial charge in [0.1, 0.15) is 32.9 Å². The molecule has 2 atom stereocenters. The molecule has 8 rings (SSSR count). The van der Waals surface area contributed by atoms with Gasteiger partial charge in [0.2, 0.25) is 12.4 Å². The van der Waals surface area contributed by atoms with E-state index in [9.17, 15) is 14.8 Å². The van der Waals surface area contributed by atoms with E-state index in [2.05, 4.69) is 4.90 Å². The van der Waals surface area contributed by atoms with Crippen LogP contribution in [0.25, 0.3) is 0 Å². The second kappa shape index (κ2) is 18.3. The second-order valence-electron chi connectivity index (χ2n) is 13.5. The molecule has 4 fully saturated rings. The standard InChI is InChI=1S/C38H39Cl2FN3O7S.CH2O2/c1-48-32-10-8-25(16-34(32)49-22-23-6-7-23)33(17-27-28(39)19-43(47)20-29(27)40)50-37(45)36-11-9-26(52-36)18-44(31-5-3-2-4-30(31)41)38(46)51-35-21-42-14-12-24(35)13-15-42;2-1-3/h2-5,8-11,16,19-20,23-24,33,35,47H,6-7,12-15,17-18,21-22H2,1H3;1H,(H,2,3)/q+1;/p-1/t33?,35-;/m0./s1. The van der Waals surface area contributed by atoms with Gasteiger partial charge < -0.3 is 28.8 Å². The van der Waals surface area contributed by atoms with E-state index in [0.717, 1.165) is 54.8 Å². The lowest BCUT2D eigenvalue weighted by Gasteiger charge is -2.44. The van der Waals surface area contributed by atoms with E-state index in [1.54, 1.807) is 49.6 Å². The first-order valence-electron chi connectivity index (χ1n) is 17.8. The quantitative estimate of drug-likeness (QED) is 0.0712. The van der Waals surface area contributed by atoms with Crippen LogP contribution in [-0.4, -0.2) is 68.1 Å². The van der Waals surface area contributed by atoms with Gasteiger partial charge >= 0.3 is 12.1 Å². The molecule has 0 spiro atoms. The largest absolute Gasteiger partial charge is 0.554 e. The number of carbonyl (C=O) groups is 3. The minimum absolute atomic E-state index is 0.0151. The third kappa shape index (κ3) is 10.2. The van der Waals surface area contributed by atoms with Crippen molar-refractivity contribution in [1.29, 1.82) is 0 Å². The van der Waals surface area contributed by atoms with Crippen LogP contribution < -0.4 is 24.2 Å². The van der Waals surface area contributed by atoms with Gasteiger partial charge in [-0.05, 0) is 92.6 Å². The van der Waals surface area contributed by atoms with Crippen LogP contribution >= 0.6 is 34.5 Å². The number of hydrogen-bond acceptors (Lipinski definition) is 11. The molecule has 2 bridgehead atoms. The molecule has 55 heavy (non-hydrogen) atoms. The van der Waals surface area contributed by atoms with Gasteiger partial charge in [-0.2, -0.15) is 0 Å². The maximum atomic E-state index is 15.1. The first-order chi connectivity index (χ1) is 26.6. The highest BCUT2D eigenvalue weighted by Gasteiger charge is 2.38. The number of fused-ring (bicyclic) bond motifs is 3. The minimum Gasteiger partial charge on any atom is -0.554 e. The number of pyridine rings is 1. The van der Waals surface area contributed by atoms with Crippen LogP contribution in [0.4, 0.5) is 14.9 Å². The predicted molar refractivity (Wildman–Crippen MR) is 199 cm³/mol. The number of anilines is 1. The van der Waals surface area contributed by atoms with Crippen LogP contribution in [0.1, 0.15) is 57.5 Å². The third-order valence-corrected chi connectivity index (χ3v) is 11.5. The number of piperidine rings is 3. The van der Waals surface area contributed by atoms with E-state index in [1.165, 1.54) is 29.4 Å². The highest BCUT2D eigenvalue weighted by Crippen LogP contribution is 2.38. The molecule has 292 valence electrons. The van der Waals surface area contributed by atoms with E-state index >= 15 is 4.39 Å². The summed E-state index contributed by atoms with van der Waals surface area (Å²) in [5.41, 5.74) is 1.17. The van der Waals surface area contributed by atoms with Gasteiger partial charge in [0, 0.05) is 34.6 Å². The van der Waals surface area contributed by atoms with Crippen LogP contribution in [0.2, 0.25) is 10.0 Å². The number of ether oxygens (including phenoxy) is 4. The molecule has 1 N–H and O–H groups in total. The van der Waals surface area contributed by atoms with Crippen LogP contribution in [0, 0.1) is 17.7 Å². The molecule has 1 amide bonds. The predicted octanol–water partition coefficient (Wildman–Crippen LogP) is 6.26. The number of methoxy groups -OCH3 is 1. The summed E-state index contributed by atoms with van der Waals surface area (Å²) in [5.74, 6) is 0.661. The number of aromatic nitrogens is 1. The summed E-state index contributed by atoms with van der Waals surface area (Å²) < 4.78 is 39.6. The van der Waals surface area contributed by atoms with E-state index in [-0.39, 0.29) is 45.6 Å². The van der Waals surface area contributed by atoms with E-state index in [0.29, 0.717) is 46.6 Å². The Kier molecular flexibility index (Phi) is 13.4. The molecule has 12 nitrogen and oxygen atoms in total. The summed E-state index contributed by atoms with van der Waals surface area (Å²) in [6.07, 6.45) is 5.06. The zero-order chi connectivity index (χ0) is 39.1. The van der Waals surface area contributed by atoms with Crippen molar-refractivity contribution in [3.8, 4) is 11.5 Å². The van der Waals surface area contributed by atoms with Gasteiger partial charge in [-0.1, -0.05) is 41.4 Å². The van der Waals surface area contributed by atoms with Gasteiger partial charge in [0.25, 0.3) is 0 Å². The normalized spacial score (nSPS) is 19.0. The van der Waals surface area contributed by atoms with Crippen LogP contribution in [-0.2, 0) is 27.2 Å². The van der Waals surface area contributed by atoms with Crippen LogP contribution in [0.3, 0.4) is 0 Å². The SMILES string of the molecule is COc1ccc(C(Cc2c(Cl)c[n+](O)cc2Cl)OC(=O)c2ccc(CN(C(=O)O[C@H]3CN4CCC3CC4)c3ccccc3F)s2)cc1OCC1CC1.O=C[O-]. The maximum Gasteiger partial charge on any atom is 0.415 e. The van der Waals surface area contributed by atoms with Gasteiger partial charge in [0.05, 0.1) is 25.9 Å². The van der Waals surface area contributed by atoms with Gasteiger partial charge in [0.15, 0.2) is 11.5 Å². The maximum absolute atomic E-state index is 15.1. The molecule has 0 radical (unpaired) electrons. The summed E-state index contributed by atoms with van der Waals surface area (Å²) in [7, 11) is 1.56. The highest BCUT2D eigenvalue weighted by molar-refractivity contribution is 7.14. The summed E-state index contributed by atoms with van der Waals surface area (Å²) in [5, 5.41) is 18.6. The number of rotatable bonds is 13. The Morgan fingerprint density at radius 2 is 1.78 bits per heavy atom. The Balaban J connectivity index is 0.00000166. The number of hydrogen-bond donors (Lipinski definition) is 1. The molecular weight excluding hydrogens is 776 g/mol. The van der Waals surface area contributed by atoms with Crippen molar-refractivity contribution in [1.82, 2.24) is 4.90 Å². The monoisotopic (exact) mass is 815 g/mol. The number of para-hydroxylation sites is 1. The molecular formula is C39H40Cl2FN3O9S. The lowest BCUT2D eigenvalue weighted by Crippen LogP contribution is -2.53. The molecule has 16 heteroatoms. The fraction of sp³-hybridized carbons (Fsp3) is 0.385. The molecule has 5 heterocycles. The van der Waals surface area contributed by atoms with Crippen molar-refractivity contribution in [3.05, 3.63) is 104 Å². The fourth-order valence-electron chi connectivity index (χ4n) is 6.72. The van der Waals surface area contributed by atoms with Crippen molar-refractivity contribution < 1.29 is 52.8 Å². The van der Waals surface area contributed by atoms with Gasteiger partial charge in [-0.15, -0.1) is 11.3 Å². The highest BCUT2D eigenvalue weighted by atomic mass is 35.5. The summed E-state index contributed by atoms with van der Waals surface area (Å²) in [4.78, 5) is 40.2. The molecule has 3 aliphatic heterocycles. The molecule has 1 unspecified atom stereocenters. The van der Waals surface area contributed by atoms with Crippen molar-refractivity contribution >= 4 is 58.8 Å². The Morgan fingerprint density at radius 3 is 2.42 bits per heavy atom. The number of esters is 1. The summed E-state index contributed by atoms with van der Waals surface area (Å²) >= 11 is 14.1. The van der Waals surface area contributed by atoms with Crippen LogP contribution in [0.15, 0.2) is 67.0 Å². The van der Waals surface area contributed by atoms with E-state index < -0.39 is 30.5 Å². The molecule has 2 aromatic heterocycles. The number of amides is 1. The lowest BCUT2D eigenvalue weighted by molar-refractivity contribution is -0.904. The average molecular weight is 817 g/mol. The number of thiophene rings is 1. The fourth-order valence-corrected chi connectivity index (χ4v) is 8.20. The van der Waals surface area contributed by atoms with E-state index in [1.807, 2.05) is 0 Å². The number of nitrogens with zero attached hydrogens (tertiary/aromatic N) is 3. The smallest absolute Gasteiger partial charge is 0.415 e. The Morgan fingerprint density at radius 1 is 1.07 bits per heavy atom. The van der Waals surface area contributed by atoms with Crippen molar-refractivity contribution in [2.45, 2.75) is 50.9 Å². The molecule has 2 aromatic carbocycles. The zero-order valence-corrected chi connectivity index (χ0v) is 32.2. The average Bonchev–Trinajstić information content (AvgIpc) is 3.89. The topological polar surface area (TPSA) is 142 Å². The third-order valence-electron chi connectivity index (χ3n) is 9.83. The molecule has 4 aromatic rings. The molecule has 1 saturated carbocycles. The lowest BCUT2D eigenvalue weighted by atomic mass is 9.86. The van der Waals surface area contributed by atoms with Crippen molar-refractivity contribution in [2.24, 2.45) is 11.8 Å². The number of halogens is 3. The number of benzene rings is 2. The second-order valence-corrected chi connectivity index (χ2v) is 15.5. The Hall–Kier alpha value is -4.63. The molecule has 4 aliphatic rings. The van der Waals surface area contributed by atoms with Gasteiger partial charge in [-0.25, -0.2) is 14.0 Å².